The van der Waals surface area contributed by atoms with Crippen LogP contribution in [-0.4, -0.2) is 70.9 Å². The second-order valence-corrected chi connectivity index (χ2v) is 10.5. The van der Waals surface area contributed by atoms with Gasteiger partial charge in [-0.25, -0.2) is 15.0 Å². The van der Waals surface area contributed by atoms with Gasteiger partial charge in [0.25, 0.3) is 0 Å². The summed E-state index contributed by atoms with van der Waals surface area (Å²) in [6.45, 7) is 6.21. The van der Waals surface area contributed by atoms with E-state index in [-0.39, 0.29) is 18.2 Å². The number of Topliss-reactive ketones (excluding diaryl/α,β-unsaturated/α-hetero) is 1. The summed E-state index contributed by atoms with van der Waals surface area (Å²) in [4.78, 5) is 43.5. The molecule has 0 N–H and O–H groups in total. The van der Waals surface area contributed by atoms with E-state index in [4.69, 9.17) is 9.72 Å². The van der Waals surface area contributed by atoms with Crippen LogP contribution in [0.5, 0.6) is 0 Å². The van der Waals surface area contributed by atoms with Crippen molar-refractivity contribution in [3.05, 3.63) is 58.8 Å². The lowest BCUT2D eigenvalue weighted by Gasteiger charge is -2.35. The molecule has 1 fully saturated rings. The second kappa shape index (κ2) is 11.2. The number of anilines is 1. The van der Waals surface area contributed by atoms with Gasteiger partial charge in [0.05, 0.1) is 42.4 Å². The minimum Gasteiger partial charge on any atom is -0.466 e. The largest absolute Gasteiger partial charge is 0.466 e. The molecule has 1 aliphatic heterocycles. The maximum absolute atomic E-state index is 12.8. The summed E-state index contributed by atoms with van der Waals surface area (Å²) in [5, 5.41) is 3.99. The highest BCUT2D eigenvalue weighted by atomic mass is 32.1. The van der Waals surface area contributed by atoms with Gasteiger partial charge in [-0.05, 0) is 24.4 Å². The Morgan fingerprint density at radius 2 is 1.92 bits per heavy atom. The first-order valence-corrected chi connectivity index (χ1v) is 13.7. The monoisotopic (exact) mass is 521 g/mol. The molecule has 4 aromatic rings. The first-order valence-electron chi connectivity index (χ1n) is 12.0. The van der Waals surface area contributed by atoms with Gasteiger partial charge >= 0.3 is 5.97 Å². The third-order valence-corrected chi connectivity index (χ3v) is 8.09. The van der Waals surface area contributed by atoms with Crippen molar-refractivity contribution in [3.63, 3.8) is 0 Å². The fourth-order valence-corrected chi connectivity index (χ4v) is 6.04. The molecule has 0 saturated carbocycles. The molecule has 8 nitrogen and oxygen atoms in total. The summed E-state index contributed by atoms with van der Waals surface area (Å²) in [5.41, 5.74) is 1.26. The van der Waals surface area contributed by atoms with E-state index in [1.807, 2.05) is 24.4 Å². The Hall–Kier alpha value is -3.21. The number of fused-ring (bicyclic) bond motifs is 1. The molecule has 0 unspecified atom stereocenters. The molecule has 0 spiro atoms. The number of nitrogens with zero attached hydrogens (tertiary/aromatic N) is 5. The zero-order valence-electron chi connectivity index (χ0n) is 20.1. The van der Waals surface area contributed by atoms with Gasteiger partial charge in [-0.1, -0.05) is 18.2 Å². The number of aromatic nitrogens is 3. The fourth-order valence-electron chi connectivity index (χ4n) is 4.15. The third-order valence-electron chi connectivity index (χ3n) is 6.10. The van der Waals surface area contributed by atoms with Crippen LogP contribution in [0.4, 0.5) is 5.82 Å². The highest BCUT2D eigenvalue weighted by molar-refractivity contribution is 7.22. The summed E-state index contributed by atoms with van der Waals surface area (Å²) >= 11 is 3.20. The lowest BCUT2D eigenvalue weighted by Crippen LogP contribution is -2.47. The standard InChI is InChI=1S/C26H27N5O3S2/c1-2-34-26(33)7-8-30-9-11-31(12-10-30)24-16-27-19(15-28-24)21(32)14-25-29-20(17-35-25)23-13-18-5-3-4-6-22(18)36-23/h3-6,13,15-17H,2,7-12,14H2,1H3. The van der Waals surface area contributed by atoms with E-state index in [1.165, 1.54) is 21.4 Å². The molecular formula is C26H27N5O3S2. The summed E-state index contributed by atoms with van der Waals surface area (Å²) < 4.78 is 6.23. The van der Waals surface area contributed by atoms with Crippen LogP contribution in [0, 0.1) is 0 Å². The van der Waals surface area contributed by atoms with Crippen molar-refractivity contribution in [2.75, 3.05) is 44.2 Å². The average Bonchev–Trinajstić information content (AvgIpc) is 3.55. The van der Waals surface area contributed by atoms with Crippen LogP contribution in [-0.2, 0) is 16.0 Å². The SMILES string of the molecule is CCOC(=O)CCN1CCN(c2cnc(C(=O)Cc3nc(-c4cc5ccccc5s4)cs3)cn2)CC1. The van der Waals surface area contributed by atoms with E-state index < -0.39 is 0 Å². The van der Waals surface area contributed by atoms with Crippen LogP contribution in [0.2, 0.25) is 0 Å². The van der Waals surface area contributed by atoms with Crippen molar-refractivity contribution in [1.82, 2.24) is 19.9 Å². The van der Waals surface area contributed by atoms with E-state index >= 15 is 0 Å². The van der Waals surface area contributed by atoms with Crippen molar-refractivity contribution < 1.29 is 14.3 Å². The van der Waals surface area contributed by atoms with Crippen molar-refractivity contribution in [1.29, 1.82) is 0 Å². The van der Waals surface area contributed by atoms with Crippen molar-refractivity contribution >= 4 is 50.3 Å². The molecule has 5 rings (SSSR count). The molecule has 0 amide bonds. The van der Waals surface area contributed by atoms with Crippen LogP contribution in [0.3, 0.4) is 0 Å². The molecule has 36 heavy (non-hydrogen) atoms. The number of piperazine rings is 1. The number of ether oxygens (including phenoxy) is 1. The minimum atomic E-state index is -0.153. The normalized spacial score (nSPS) is 14.3. The Kier molecular flexibility index (Phi) is 7.64. The van der Waals surface area contributed by atoms with Crippen LogP contribution in [0.25, 0.3) is 20.7 Å². The number of hydrogen-bond acceptors (Lipinski definition) is 10. The van der Waals surface area contributed by atoms with Gasteiger partial charge in [-0.3, -0.25) is 14.5 Å². The molecular weight excluding hydrogens is 494 g/mol. The number of thiazole rings is 1. The van der Waals surface area contributed by atoms with Crippen LogP contribution >= 0.6 is 22.7 Å². The van der Waals surface area contributed by atoms with Crippen molar-refractivity contribution in [3.8, 4) is 10.6 Å². The highest BCUT2D eigenvalue weighted by Crippen LogP contribution is 2.34. The molecule has 0 bridgehead atoms. The van der Waals surface area contributed by atoms with Gasteiger partial charge in [0, 0.05) is 42.8 Å². The number of benzene rings is 1. The minimum absolute atomic E-state index is 0.0879. The van der Waals surface area contributed by atoms with Crippen LogP contribution in [0.1, 0.15) is 28.8 Å². The maximum Gasteiger partial charge on any atom is 0.307 e. The van der Waals surface area contributed by atoms with Gasteiger partial charge in [0.15, 0.2) is 5.78 Å². The van der Waals surface area contributed by atoms with Gasteiger partial charge in [0.2, 0.25) is 0 Å². The topological polar surface area (TPSA) is 88.5 Å². The summed E-state index contributed by atoms with van der Waals surface area (Å²) in [6, 6.07) is 10.4. The Labute approximate surface area is 217 Å². The Bertz CT molecular complexity index is 1310. The molecule has 186 valence electrons. The lowest BCUT2D eigenvalue weighted by molar-refractivity contribution is -0.143. The number of rotatable bonds is 9. The number of carbonyl (C=O) groups excluding carboxylic acids is 2. The first kappa shape index (κ1) is 24.5. The highest BCUT2D eigenvalue weighted by Gasteiger charge is 2.20. The Balaban J connectivity index is 1.14. The number of esters is 1. The zero-order chi connectivity index (χ0) is 24.9. The van der Waals surface area contributed by atoms with E-state index in [1.54, 1.807) is 23.7 Å². The first-order chi connectivity index (χ1) is 17.6. The quantitative estimate of drug-likeness (QED) is 0.238. The second-order valence-electron chi connectivity index (χ2n) is 8.52. The smallest absolute Gasteiger partial charge is 0.307 e. The molecule has 0 aliphatic carbocycles. The summed E-state index contributed by atoms with van der Waals surface area (Å²) in [6.07, 6.45) is 3.86. The van der Waals surface area contributed by atoms with Crippen molar-refractivity contribution in [2.45, 2.75) is 19.8 Å². The molecule has 10 heteroatoms. The molecule has 0 atom stereocenters. The van der Waals surface area contributed by atoms with Gasteiger partial charge < -0.3 is 9.64 Å². The van der Waals surface area contributed by atoms with E-state index in [9.17, 15) is 9.59 Å². The van der Waals surface area contributed by atoms with Gasteiger partial charge in [0.1, 0.15) is 16.5 Å². The van der Waals surface area contributed by atoms with Crippen molar-refractivity contribution in [2.24, 2.45) is 0 Å². The molecule has 1 saturated heterocycles. The van der Waals surface area contributed by atoms with E-state index in [0.29, 0.717) is 25.3 Å². The third kappa shape index (κ3) is 5.77. The Morgan fingerprint density at radius 1 is 1.08 bits per heavy atom. The number of thiophene rings is 1. The van der Waals surface area contributed by atoms with Gasteiger partial charge in [-0.2, -0.15) is 0 Å². The van der Waals surface area contributed by atoms with Crippen LogP contribution in [0.15, 0.2) is 48.1 Å². The van der Waals surface area contributed by atoms with Gasteiger partial charge in [-0.15, -0.1) is 22.7 Å². The zero-order valence-corrected chi connectivity index (χ0v) is 21.7. The van der Waals surface area contributed by atoms with E-state index in [0.717, 1.165) is 47.6 Å². The molecule has 0 radical (unpaired) electrons. The van der Waals surface area contributed by atoms with E-state index in [2.05, 4.69) is 38.0 Å². The molecule has 1 aromatic carbocycles. The summed E-state index contributed by atoms with van der Waals surface area (Å²) in [7, 11) is 0. The molecule has 3 aromatic heterocycles. The molecule has 4 heterocycles. The number of ketones is 1. The average molecular weight is 522 g/mol. The maximum atomic E-state index is 12.8. The lowest BCUT2D eigenvalue weighted by atomic mass is 10.2. The fraction of sp³-hybridized carbons (Fsp3) is 0.346. The van der Waals surface area contributed by atoms with Crippen LogP contribution < -0.4 is 4.90 Å². The predicted octanol–water partition coefficient (Wildman–Crippen LogP) is 4.32. The molecule has 1 aliphatic rings. The number of carbonyl (C=O) groups is 2. The Morgan fingerprint density at radius 3 is 2.67 bits per heavy atom. The number of hydrogen-bond donors (Lipinski definition) is 0. The summed E-state index contributed by atoms with van der Waals surface area (Å²) in [5.74, 6) is 0.521. The predicted molar refractivity (Wildman–Crippen MR) is 143 cm³/mol.